The molecule has 40 valence electrons. The first-order valence-electron chi connectivity index (χ1n) is 2.35. The number of rotatable bonds is 1. The molecule has 0 aromatic rings. The van der Waals surface area contributed by atoms with Gasteiger partial charge in [0.2, 0.25) is 0 Å². The molecule has 0 N–H and O–H groups in total. The van der Waals surface area contributed by atoms with Gasteiger partial charge in [-0.15, -0.1) is 0 Å². The summed E-state index contributed by atoms with van der Waals surface area (Å²) in [6.45, 7) is 0. The van der Waals surface area contributed by atoms with E-state index in [9.17, 15) is 0 Å². The van der Waals surface area contributed by atoms with Gasteiger partial charge in [-0.05, 0) is 0 Å². The Hall–Kier alpha value is -1.17. The normalized spacial score (nSPS) is 23.6. The van der Waals surface area contributed by atoms with Gasteiger partial charge in [0.05, 0.1) is 18.5 Å². The molecular formula is C5H5N3. The Morgan fingerprint density at radius 2 is 2.62 bits per heavy atom. The second-order valence-corrected chi connectivity index (χ2v) is 1.49. The van der Waals surface area contributed by atoms with E-state index in [1.807, 2.05) is 6.07 Å². The predicted molar refractivity (Wildman–Crippen MR) is 31.0 cm³/mol. The first kappa shape index (κ1) is 4.98. The Balaban J connectivity index is 2.41. The molecule has 3 heteroatoms. The smallest absolute Gasteiger partial charge is 0.110 e. The molecule has 0 saturated carbocycles. The van der Waals surface area contributed by atoms with Gasteiger partial charge in [-0.1, -0.05) is 0 Å². The lowest BCUT2D eigenvalue weighted by atomic mass is 10.3. The summed E-state index contributed by atoms with van der Waals surface area (Å²) in [7, 11) is 0. The van der Waals surface area contributed by atoms with Crippen LogP contribution in [-0.4, -0.2) is 18.6 Å². The summed E-state index contributed by atoms with van der Waals surface area (Å²) in [5, 5.41) is 8.14. The second-order valence-electron chi connectivity index (χ2n) is 1.49. The first-order valence-corrected chi connectivity index (χ1v) is 2.35. The number of aliphatic imine (C=N–C) groups is 2. The zero-order chi connectivity index (χ0) is 5.82. The van der Waals surface area contributed by atoms with E-state index in [1.54, 1.807) is 6.21 Å². The quantitative estimate of drug-likeness (QED) is 0.478. The molecule has 0 bridgehead atoms. The summed E-state index contributed by atoms with van der Waals surface area (Å²) in [6, 6.07) is 2.03. The van der Waals surface area contributed by atoms with Gasteiger partial charge in [0.1, 0.15) is 6.34 Å². The molecule has 0 spiro atoms. The van der Waals surface area contributed by atoms with Crippen molar-refractivity contribution in [1.29, 1.82) is 5.26 Å². The third-order valence-corrected chi connectivity index (χ3v) is 0.883. The Kier molecular flexibility index (Phi) is 1.38. The maximum absolute atomic E-state index is 8.14. The Morgan fingerprint density at radius 1 is 1.75 bits per heavy atom. The van der Waals surface area contributed by atoms with Gasteiger partial charge >= 0.3 is 0 Å². The molecule has 0 aromatic heterocycles. The highest BCUT2D eigenvalue weighted by Crippen LogP contribution is 1.96. The maximum atomic E-state index is 8.14. The Morgan fingerprint density at radius 3 is 3.12 bits per heavy atom. The largest absolute Gasteiger partial charge is 0.263 e. The van der Waals surface area contributed by atoms with Crippen molar-refractivity contribution in [2.75, 3.05) is 0 Å². The van der Waals surface area contributed by atoms with Crippen molar-refractivity contribution >= 4 is 12.6 Å². The van der Waals surface area contributed by atoms with Crippen LogP contribution in [0.2, 0.25) is 0 Å². The molecule has 3 nitrogen and oxygen atoms in total. The first-order chi connectivity index (χ1) is 3.93. The number of nitrogens with zero attached hydrogens (tertiary/aromatic N) is 3. The van der Waals surface area contributed by atoms with Crippen LogP contribution in [0.4, 0.5) is 0 Å². The average Bonchev–Trinajstić information content (AvgIpc) is 2.19. The number of nitriles is 1. The van der Waals surface area contributed by atoms with E-state index in [2.05, 4.69) is 9.98 Å². The SMILES string of the molecule is N#CC[C@H]1C=NC=N1. The highest BCUT2D eigenvalue weighted by atomic mass is 14.9. The van der Waals surface area contributed by atoms with Crippen LogP contribution in [0.5, 0.6) is 0 Å². The molecular weight excluding hydrogens is 102 g/mol. The molecule has 1 aliphatic heterocycles. The van der Waals surface area contributed by atoms with Crippen molar-refractivity contribution in [2.24, 2.45) is 9.98 Å². The van der Waals surface area contributed by atoms with Crippen LogP contribution in [0.1, 0.15) is 6.42 Å². The van der Waals surface area contributed by atoms with Crippen LogP contribution in [0, 0.1) is 11.3 Å². The van der Waals surface area contributed by atoms with Crippen LogP contribution in [0.25, 0.3) is 0 Å². The predicted octanol–water partition coefficient (Wildman–Crippen LogP) is 0.381. The van der Waals surface area contributed by atoms with Gasteiger partial charge in [0.25, 0.3) is 0 Å². The highest BCUT2D eigenvalue weighted by Gasteiger charge is 2.02. The zero-order valence-corrected chi connectivity index (χ0v) is 4.28. The molecule has 0 fully saturated rings. The van der Waals surface area contributed by atoms with E-state index in [-0.39, 0.29) is 6.04 Å². The van der Waals surface area contributed by atoms with E-state index < -0.39 is 0 Å². The molecule has 1 rings (SSSR count). The summed E-state index contributed by atoms with van der Waals surface area (Å²) in [5.74, 6) is 0. The van der Waals surface area contributed by atoms with Gasteiger partial charge in [-0.3, -0.25) is 4.99 Å². The molecule has 8 heavy (non-hydrogen) atoms. The third kappa shape index (κ3) is 0.909. The van der Waals surface area contributed by atoms with Crippen molar-refractivity contribution in [1.82, 2.24) is 0 Å². The van der Waals surface area contributed by atoms with E-state index in [1.165, 1.54) is 6.34 Å². The van der Waals surface area contributed by atoms with Gasteiger partial charge in [0.15, 0.2) is 0 Å². The highest BCUT2D eigenvalue weighted by molar-refractivity contribution is 5.82. The van der Waals surface area contributed by atoms with Crippen molar-refractivity contribution in [3.8, 4) is 6.07 Å². The van der Waals surface area contributed by atoms with Crippen molar-refractivity contribution in [3.63, 3.8) is 0 Å². The van der Waals surface area contributed by atoms with Gasteiger partial charge in [-0.25, -0.2) is 4.99 Å². The maximum Gasteiger partial charge on any atom is 0.110 e. The van der Waals surface area contributed by atoms with Gasteiger partial charge in [0, 0.05) is 6.21 Å². The second kappa shape index (κ2) is 2.22. The summed E-state index contributed by atoms with van der Waals surface area (Å²) in [5.41, 5.74) is 0. The molecule has 0 saturated heterocycles. The average molecular weight is 107 g/mol. The van der Waals surface area contributed by atoms with E-state index in [4.69, 9.17) is 5.26 Å². The molecule has 1 aliphatic rings. The molecule has 1 heterocycles. The fourth-order valence-electron chi connectivity index (χ4n) is 0.499. The van der Waals surface area contributed by atoms with Crippen molar-refractivity contribution < 1.29 is 0 Å². The molecule has 0 amide bonds. The lowest BCUT2D eigenvalue weighted by molar-refractivity contribution is 0.922. The molecule has 0 aliphatic carbocycles. The van der Waals surface area contributed by atoms with Crippen LogP contribution < -0.4 is 0 Å². The molecule has 1 atom stereocenters. The zero-order valence-electron chi connectivity index (χ0n) is 4.28. The molecule has 0 aromatic carbocycles. The van der Waals surface area contributed by atoms with Crippen molar-refractivity contribution in [2.45, 2.75) is 12.5 Å². The fraction of sp³-hybridized carbons (Fsp3) is 0.400. The number of hydrogen-bond donors (Lipinski definition) is 0. The van der Waals surface area contributed by atoms with Gasteiger partial charge < -0.3 is 0 Å². The minimum Gasteiger partial charge on any atom is -0.263 e. The lowest BCUT2D eigenvalue weighted by Crippen LogP contribution is -1.99. The molecule has 0 unspecified atom stereocenters. The van der Waals surface area contributed by atoms with Crippen LogP contribution >= 0.6 is 0 Å². The van der Waals surface area contributed by atoms with E-state index in [0.717, 1.165) is 0 Å². The van der Waals surface area contributed by atoms with Crippen LogP contribution in [0.15, 0.2) is 9.98 Å². The van der Waals surface area contributed by atoms with Crippen LogP contribution in [-0.2, 0) is 0 Å². The van der Waals surface area contributed by atoms with E-state index >= 15 is 0 Å². The summed E-state index contributed by atoms with van der Waals surface area (Å²) in [4.78, 5) is 7.57. The standard InChI is InChI=1S/C5H5N3/c6-2-1-5-3-7-4-8-5/h3-5H,1H2/t5-/m0/s1. The molecule has 0 radical (unpaired) electrons. The van der Waals surface area contributed by atoms with Gasteiger partial charge in [-0.2, -0.15) is 5.26 Å². The monoisotopic (exact) mass is 107 g/mol. The number of hydrogen-bond acceptors (Lipinski definition) is 3. The van der Waals surface area contributed by atoms with Crippen molar-refractivity contribution in [3.05, 3.63) is 0 Å². The van der Waals surface area contributed by atoms with Crippen LogP contribution in [0.3, 0.4) is 0 Å². The Bertz CT molecular complexity index is 151. The summed E-state index contributed by atoms with van der Waals surface area (Å²) < 4.78 is 0. The fourth-order valence-corrected chi connectivity index (χ4v) is 0.499. The minimum absolute atomic E-state index is 0.0278. The summed E-state index contributed by atoms with van der Waals surface area (Å²) in [6.07, 6.45) is 3.59. The minimum atomic E-state index is 0.0278. The summed E-state index contributed by atoms with van der Waals surface area (Å²) >= 11 is 0. The topological polar surface area (TPSA) is 48.5 Å². The third-order valence-electron chi connectivity index (χ3n) is 0.883. The lowest BCUT2D eigenvalue weighted by Gasteiger charge is -1.89. The van der Waals surface area contributed by atoms with E-state index in [0.29, 0.717) is 6.42 Å². The Labute approximate surface area is 47.4 Å².